The molecule has 5 heteroatoms. The number of nitrogens with zero attached hydrogens (tertiary/aromatic N) is 4. The maximum Gasteiger partial charge on any atom is 0.164 e. The van der Waals surface area contributed by atoms with Crippen molar-refractivity contribution in [3.05, 3.63) is 194 Å². The van der Waals surface area contributed by atoms with Crippen LogP contribution in [0.5, 0.6) is 0 Å². The highest BCUT2D eigenvalue weighted by atomic mass is 16.3. The Morgan fingerprint density at radius 1 is 0.339 bits per heavy atom. The number of furan rings is 1. The summed E-state index contributed by atoms with van der Waals surface area (Å²) in [6, 6.07) is 67.4. The van der Waals surface area contributed by atoms with Crippen LogP contribution in [0.4, 0.5) is 0 Å². The molecule has 3 aromatic heterocycles. The third-order valence-corrected chi connectivity index (χ3v) is 10.7. The lowest BCUT2D eigenvalue weighted by atomic mass is 9.96. The standard InChI is InChI=1S/C51H32N4O/c1-4-14-33(15-5-1)34-26-28-35(29-27-34)39-21-12-24-45-47(39)48-44(23-13-25-46(48)56-45)55-42-22-11-10-20-40(42)41-32-38(30-31-43(41)55)51-53-49(36-16-6-2-7-17-36)52-50(54-51)37-18-8-3-9-19-37/h1-32H. The van der Waals surface area contributed by atoms with Crippen molar-refractivity contribution >= 4 is 43.7 Å². The molecular weight excluding hydrogens is 685 g/mol. The zero-order chi connectivity index (χ0) is 37.0. The molecule has 0 saturated carbocycles. The van der Waals surface area contributed by atoms with Gasteiger partial charge in [-0.3, -0.25) is 0 Å². The lowest BCUT2D eigenvalue weighted by Crippen LogP contribution is -2.00. The van der Waals surface area contributed by atoms with Gasteiger partial charge < -0.3 is 8.98 Å². The molecule has 8 aromatic carbocycles. The Balaban J connectivity index is 1.11. The first kappa shape index (κ1) is 31.9. The molecule has 0 aliphatic carbocycles. The summed E-state index contributed by atoms with van der Waals surface area (Å²) in [5.74, 6) is 1.91. The summed E-state index contributed by atoms with van der Waals surface area (Å²) in [5.41, 5.74) is 12.4. The van der Waals surface area contributed by atoms with E-state index in [-0.39, 0.29) is 0 Å². The number of hydrogen-bond acceptors (Lipinski definition) is 4. The Labute approximate surface area is 322 Å². The van der Waals surface area contributed by atoms with E-state index in [0.29, 0.717) is 17.5 Å². The van der Waals surface area contributed by atoms with Crippen LogP contribution in [-0.2, 0) is 0 Å². The first-order valence-corrected chi connectivity index (χ1v) is 18.8. The molecule has 0 N–H and O–H groups in total. The van der Waals surface area contributed by atoms with Gasteiger partial charge in [-0.05, 0) is 64.7 Å². The van der Waals surface area contributed by atoms with E-state index in [9.17, 15) is 0 Å². The maximum atomic E-state index is 6.61. The van der Waals surface area contributed by atoms with E-state index in [0.717, 1.165) is 77.2 Å². The van der Waals surface area contributed by atoms with Crippen LogP contribution < -0.4 is 0 Å². The maximum absolute atomic E-state index is 6.61. The summed E-state index contributed by atoms with van der Waals surface area (Å²) in [6.07, 6.45) is 0. The van der Waals surface area contributed by atoms with Gasteiger partial charge in [-0.15, -0.1) is 0 Å². The molecule has 262 valence electrons. The first-order valence-electron chi connectivity index (χ1n) is 18.8. The average Bonchev–Trinajstić information content (AvgIpc) is 3.83. The molecule has 0 amide bonds. The van der Waals surface area contributed by atoms with Crippen LogP contribution >= 0.6 is 0 Å². The minimum Gasteiger partial charge on any atom is -0.456 e. The number of rotatable bonds is 6. The van der Waals surface area contributed by atoms with Gasteiger partial charge in [0.1, 0.15) is 11.2 Å². The molecule has 3 heterocycles. The molecule has 0 aliphatic rings. The van der Waals surface area contributed by atoms with Crippen LogP contribution in [0.25, 0.3) is 106 Å². The van der Waals surface area contributed by atoms with Gasteiger partial charge in [-0.25, -0.2) is 15.0 Å². The van der Waals surface area contributed by atoms with E-state index in [1.807, 2.05) is 60.7 Å². The zero-order valence-corrected chi connectivity index (χ0v) is 30.2. The predicted octanol–water partition coefficient (Wildman–Crippen LogP) is 13.2. The highest BCUT2D eigenvalue weighted by Crippen LogP contribution is 2.43. The zero-order valence-electron chi connectivity index (χ0n) is 30.2. The van der Waals surface area contributed by atoms with Gasteiger partial charge in [-0.1, -0.05) is 152 Å². The van der Waals surface area contributed by atoms with Crippen molar-refractivity contribution < 1.29 is 4.42 Å². The summed E-state index contributed by atoms with van der Waals surface area (Å²) in [6.45, 7) is 0. The van der Waals surface area contributed by atoms with Gasteiger partial charge in [-0.2, -0.15) is 0 Å². The molecule has 0 atom stereocenters. The van der Waals surface area contributed by atoms with Crippen LogP contribution in [0.1, 0.15) is 0 Å². The minimum atomic E-state index is 0.627. The molecule has 0 spiro atoms. The van der Waals surface area contributed by atoms with Gasteiger partial charge in [0, 0.05) is 32.8 Å². The van der Waals surface area contributed by atoms with Crippen LogP contribution in [0, 0.1) is 0 Å². The first-order chi connectivity index (χ1) is 27.8. The molecule has 0 radical (unpaired) electrons. The monoisotopic (exact) mass is 716 g/mol. The van der Waals surface area contributed by atoms with Gasteiger partial charge in [0.25, 0.3) is 0 Å². The molecule has 56 heavy (non-hydrogen) atoms. The van der Waals surface area contributed by atoms with Crippen LogP contribution in [0.3, 0.4) is 0 Å². The SMILES string of the molecule is c1ccc(-c2ccc(-c3cccc4oc5cccc(-n6c7ccccc7c7cc(-c8nc(-c9ccccc9)nc(-c9ccccc9)n8)ccc76)c5c34)cc2)cc1. The second-order valence-electron chi connectivity index (χ2n) is 14.0. The Bertz CT molecular complexity index is 3160. The lowest BCUT2D eigenvalue weighted by Gasteiger charge is -2.12. The minimum absolute atomic E-state index is 0.627. The van der Waals surface area contributed by atoms with Crippen LogP contribution in [-0.4, -0.2) is 19.5 Å². The molecule has 0 unspecified atom stereocenters. The van der Waals surface area contributed by atoms with E-state index in [1.54, 1.807) is 0 Å². The van der Waals surface area contributed by atoms with Crippen molar-refractivity contribution in [2.75, 3.05) is 0 Å². The Morgan fingerprint density at radius 3 is 1.52 bits per heavy atom. The second-order valence-corrected chi connectivity index (χ2v) is 14.0. The lowest BCUT2D eigenvalue weighted by molar-refractivity contribution is 0.669. The molecule has 0 bridgehead atoms. The summed E-state index contributed by atoms with van der Waals surface area (Å²) in [7, 11) is 0. The van der Waals surface area contributed by atoms with Crippen molar-refractivity contribution in [1.29, 1.82) is 0 Å². The highest BCUT2D eigenvalue weighted by molar-refractivity contribution is 6.18. The van der Waals surface area contributed by atoms with Crippen molar-refractivity contribution in [2.45, 2.75) is 0 Å². The van der Waals surface area contributed by atoms with Crippen molar-refractivity contribution in [1.82, 2.24) is 19.5 Å². The van der Waals surface area contributed by atoms with Crippen LogP contribution in [0.2, 0.25) is 0 Å². The van der Waals surface area contributed by atoms with E-state index >= 15 is 0 Å². The summed E-state index contributed by atoms with van der Waals surface area (Å²) in [4.78, 5) is 15.0. The predicted molar refractivity (Wildman–Crippen MR) is 229 cm³/mol. The second kappa shape index (κ2) is 13.0. The van der Waals surface area contributed by atoms with E-state index in [1.165, 1.54) is 11.1 Å². The van der Waals surface area contributed by atoms with Gasteiger partial charge in [0.05, 0.1) is 22.1 Å². The number of para-hydroxylation sites is 1. The van der Waals surface area contributed by atoms with E-state index in [4.69, 9.17) is 19.4 Å². The summed E-state index contributed by atoms with van der Waals surface area (Å²) < 4.78 is 8.98. The van der Waals surface area contributed by atoms with E-state index in [2.05, 4.69) is 138 Å². The molecular formula is C51H32N4O. The topological polar surface area (TPSA) is 56.7 Å². The molecule has 11 aromatic rings. The third-order valence-electron chi connectivity index (χ3n) is 10.7. The number of hydrogen-bond donors (Lipinski definition) is 0. The Hall–Kier alpha value is -7.63. The fourth-order valence-corrected chi connectivity index (χ4v) is 8.06. The number of aromatic nitrogens is 4. The molecule has 5 nitrogen and oxygen atoms in total. The van der Waals surface area contributed by atoms with Gasteiger partial charge in [0.15, 0.2) is 17.5 Å². The number of fused-ring (bicyclic) bond motifs is 6. The smallest absolute Gasteiger partial charge is 0.164 e. The third kappa shape index (κ3) is 5.29. The van der Waals surface area contributed by atoms with Crippen LogP contribution in [0.15, 0.2) is 199 Å². The summed E-state index contributed by atoms with van der Waals surface area (Å²) in [5, 5.41) is 4.43. The van der Waals surface area contributed by atoms with Crippen molar-refractivity contribution in [3.63, 3.8) is 0 Å². The van der Waals surface area contributed by atoms with Gasteiger partial charge in [0.2, 0.25) is 0 Å². The van der Waals surface area contributed by atoms with Crippen molar-refractivity contribution in [3.8, 4) is 62.1 Å². The normalized spacial score (nSPS) is 11.6. The largest absolute Gasteiger partial charge is 0.456 e. The van der Waals surface area contributed by atoms with Gasteiger partial charge >= 0.3 is 0 Å². The molecule has 0 fully saturated rings. The molecule has 0 saturated heterocycles. The van der Waals surface area contributed by atoms with E-state index < -0.39 is 0 Å². The Kier molecular flexibility index (Phi) is 7.42. The fraction of sp³-hybridized carbons (Fsp3) is 0. The molecule has 11 rings (SSSR count). The average molecular weight is 717 g/mol. The quantitative estimate of drug-likeness (QED) is 0.172. The number of benzene rings is 8. The summed E-state index contributed by atoms with van der Waals surface area (Å²) >= 11 is 0. The fourth-order valence-electron chi connectivity index (χ4n) is 8.06. The molecule has 0 aliphatic heterocycles. The Morgan fingerprint density at radius 2 is 0.839 bits per heavy atom. The highest BCUT2D eigenvalue weighted by Gasteiger charge is 2.21. The van der Waals surface area contributed by atoms with Crippen molar-refractivity contribution in [2.24, 2.45) is 0 Å².